The van der Waals surface area contributed by atoms with Gasteiger partial charge in [0.1, 0.15) is 18.1 Å². The number of carbonyl (C=O) groups excluding carboxylic acids is 3. The topological polar surface area (TPSA) is 72.9 Å². The fourth-order valence-electron chi connectivity index (χ4n) is 1.72. The zero-order chi connectivity index (χ0) is 13.9. The normalized spacial score (nSPS) is 19.1. The predicted molar refractivity (Wildman–Crippen MR) is 68.7 cm³/mol. The first-order chi connectivity index (χ1) is 8.26. The van der Waals surface area contributed by atoms with E-state index in [2.05, 4.69) is 0 Å². The van der Waals surface area contributed by atoms with Gasteiger partial charge in [-0.05, 0) is 27.2 Å². The van der Waals surface area contributed by atoms with E-state index in [1.807, 2.05) is 0 Å². The quantitative estimate of drug-likeness (QED) is 0.563. The van der Waals surface area contributed by atoms with Crippen LogP contribution in [0.5, 0.6) is 0 Å². The molecule has 103 valence electrons. The van der Waals surface area contributed by atoms with Crippen molar-refractivity contribution >= 4 is 69.2 Å². The second-order valence-corrected chi connectivity index (χ2v) is 5.21. The Kier molecular flexibility index (Phi) is 7.93. The second-order valence-electron chi connectivity index (χ2n) is 5.21. The molecule has 19 heavy (non-hydrogen) atoms. The minimum Gasteiger partial charge on any atom is -0.443 e. The molecule has 0 bridgehead atoms. The number of amides is 2. The number of carbonyl (C=O) groups is 3. The van der Waals surface area contributed by atoms with Crippen LogP contribution in [0.3, 0.4) is 0 Å². The van der Waals surface area contributed by atoms with Crippen LogP contribution in [0.2, 0.25) is 0 Å². The van der Waals surface area contributed by atoms with Crippen LogP contribution in [0.15, 0.2) is 0 Å². The fraction of sp³-hybridized carbons (Fsp3) is 0.750. The third-order valence-corrected chi connectivity index (χ3v) is 2.49. The molecule has 1 unspecified atom stereocenters. The molecule has 1 heterocycles. The Labute approximate surface area is 155 Å². The van der Waals surface area contributed by atoms with Crippen LogP contribution in [-0.4, -0.2) is 99.9 Å². The fourth-order valence-corrected chi connectivity index (χ4v) is 1.72. The first-order valence-corrected chi connectivity index (χ1v) is 5.82. The monoisotopic (exact) mass is 296 g/mol. The summed E-state index contributed by atoms with van der Waals surface area (Å²) < 4.78 is 9.81. The van der Waals surface area contributed by atoms with Crippen molar-refractivity contribution in [2.24, 2.45) is 5.92 Å². The molecule has 6 nitrogen and oxygen atoms in total. The van der Waals surface area contributed by atoms with E-state index in [1.165, 1.54) is 7.11 Å². The molecule has 1 fully saturated rings. The summed E-state index contributed by atoms with van der Waals surface area (Å²) in [6.45, 7) is 5.27. The number of nitrogens with zero attached hydrogens (tertiary/aromatic N) is 1. The Morgan fingerprint density at radius 1 is 1.37 bits per heavy atom. The predicted octanol–water partition coefficient (Wildman–Crippen LogP) is 0.605. The van der Waals surface area contributed by atoms with Crippen molar-refractivity contribution in [2.75, 3.05) is 20.3 Å². The maximum absolute atomic E-state index is 11.9. The van der Waals surface area contributed by atoms with Gasteiger partial charge < -0.3 is 9.47 Å². The van der Waals surface area contributed by atoms with E-state index >= 15 is 0 Å². The first-order valence-electron chi connectivity index (χ1n) is 5.82. The van der Waals surface area contributed by atoms with Gasteiger partial charge in [-0.1, -0.05) is 0 Å². The van der Waals surface area contributed by atoms with Crippen molar-refractivity contribution in [3.8, 4) is 0 Å². The van der Waals surface area contributed by atoms with Crippen molar-refractivity contribution in [1.29, 1.82) is 0 Å². The molecule has 0 N–H and O–H groups in total. The largest absolute Gasteiger partial charge is 0.443 e. The Bertz CT molecular complexity index is 364. The summed E-state index contributed by atoms with van der Waals surface area (Å²) in [5.74, 6) is -1.57. The number of Topliss-reactive ketones (excluding diaryl/α,β-unsaturated/α-hetero) is 1. The van der Waals surface area contributed by atoms with E-state index in [4.69, 9.17) is 9.47 Å². The van der Waals surface area contributed by atoms with Gasteiger partial charge in [-0.25, -0.2) is 9.69 Å². The Morgan fingerprint density at radius 2 is 1.95 bits per heavy atom. The third kappa shape index (κ3) is 5.61. The summed E-state index contributed by atoms with van der Waals surface area (Å²) in [4.78, 5) is 36.2. The van der Waals surface area contributed by atoms with Gasteiger partial charge in [-0.15, -0.1) is 0 Å². The van der Waals surface area contributed by atoms with Gasteiger partial charge >= 0.3 is 6.09 Å². The molecule has 7 heteroatoms. The number of methoxy groups -OCH3 is 1. The van der Waals surface area contributed by atoms with E-state index in [-0.39, 0.29) is 70.3 Å². The average Bonchev–Trinajstić information content (AvgIpc) is 2.57. The molecule has 2 amide bonds. The number of hydrogen-bond donors (Lipinski definition) is 0. The molecule has 1 aliphatic rings. The number of ether oxygens (including phenoxy) is 2. The van der Waals surface area contributed by atoms with Crippen LogP contribution >= 0.6 is 0 Å². The first kappa shape index (κ1) is 19.2. The van der Waals surface area contributed by atoms with E-state index in [1.54, 1.807) is 20.8 Å². The summed E-state index contributed by atoms with van der Waals surface area (Å²) in [7, 11) is 1.39. The standard InChI is InChI=1S/C12H19NO5.K/c1-12(2,3)18-11(16)13-6-5-8(10(13)15)9(14)7-17-4;/h8H,5-7H2,1-4H3;. The van der Waals surface area contributed by atoms with Crippen LogP contribution in [0.1, 0.15) is 27.2 Å². The summed E-state index contributed by atoms with van der Waals surface area (Å²) in [5.41, 5.74) is -0.661. The van der Waals surface area contributed by atoms with Crippen molar-refractivity contribution in [2.45, 2.75) is 32.8 Å². The molecule has 1 saturated heterocycles. The van der Waals surface area contributed by atoms with Crippen LogP contribution in [0, 0.1) is 5.92 Å². The van der Waals surface area contributed by atoms with Crippen molar-refractivity contribution in [1.82, 2.24) is 4.90 Å². The van der Waals surface area contributed by atoms with E-state index < -0.39 is 23.5 Å². The molecule has 1 rings (SSSR count). The summed E-state index contributed by atoms with van der Waals surface area (Å²) in [6, 6.07) is 0. The molecule has 1 radical (unpaired) electrons. The average molecular weight is 296 g/mol. The van der Waals surface area contributed by atoms with Crippen LogP contribution < -0.4 is 0 Å². The zero-order valence-corrected chi connectivity index (χ0v) is 15.3. The number of hydrogen-bond acceptors (Lipinski definition) is 5. The van der Waals surface area contributed by atoms with Gasteiger partial charge in [0.05, 0.1) is 0 Å². The van der Waals surface area contributed by atoms with Gasteiger partial charge in [0.25, 0.3) is 0 Å². The van der Waals surface area contributed by atoms with Crippen LogP contribution in [0.4, 0.5) is 4.79 Å². The van der Waals surface area contributed by atoms with Gasteiger partial charge in [0.2, 0.25) is 5.91 Å². The summed E-state index contributed by atoms with van der Waals surface area (Å²) in [6.07, 6.45) is -0.361. The molecule has 0 spiro atoms. The van der Waals surface area contributed by atoms with Crippen LogP contribution in [0.25, 0.3) is 0 Å². The molecule has 0 saturated carbocycles. The number of rotatable bonds is 3. The van der Waals surface area contributed by atoms with Gasteiger partial charge in [0.15, 0.2) is 5.78 Å². The summed E-state index contributed by atoms with van der Waals surface area (Å²) in [5, 5.41) is 0. The minimum absolute atomic E-state index is 0. The SMILES string of the molecule is COCC(=O)C1CCN(C(=O)OC(C)(C)C)C1=O.[K]. The molecule has 0 aromatic rings. The van der Waals surface area contributed by atoms with Crippen LogP contribution in [-0.2, 0) is 19.1 Å². The van der Waals surface area contributed by atoms with Gasteiger partial charge in [0, 0.05) is 65.0 Å². The number of imide groups is 1. The Balaban J connectivity index is 0.00000324. The molecule has 0 aliphatic carbocycles. The second kappa shape index (κ2) is 7.85. The maximum Gasteiger partial charge on any atom is 0.417 e. The van der Waals surface area contributed by atoms with E-state index in [0.717, 1.165) is 4.90 Å². The molecule has 0 aromatic carbocycles. The van der Waals surface area contributed by atoms with E-state index in [9.17, 15) is 14.4 Å². The third-order valence-electron chi connectivity index (χ3n) is 2.49. The molecular formula is C12H19KNO5. The number of ketones is 1. The minimum atomic E-state index is -0.780. The Hall–Kier alpha value is 0.206. The van der Waals surface area contributed by atoms with Crippen molar-refractivity contribution in [3.05, 3.63) is 0 Å². The van der Waals surface area contributed by atoms with Gasteiger partial charge in [-0.2, -0.15) is 0 Å². The Morgan fingerprint density at radius 3 is 2.42 bits per heavy atom. The van der Waals surface area contributed by atoms with Crippen molar-refractivity contribution < 1.29 is 23.9 Å². The van der Waals surface area contributed by atoms with Crippen molar-refractivity contribution in [3.63, 3.8) is 0 Å². The molecular weight excluding hydrogens is 277 g/mol. The smallest absolute Gasteiger partial charge is 0.417 e. The van der Waals surface area contributed by atoms with E-state index in [0.29, 0.717) is 6.42 Å². The maximum atomic E-state index is 11.9. The molecule has 0 aromatic heterocycles. The van der Waals surface area contributed by atoms with Gasteiger partial charge in [-0.3, -0.25) is 9.59 Å². The number of likely N-dealkylation sites (tertiary alicyclic amines) is 1. The molecule has 1 atom stereocenters. The molecule has 1 aliphatic heterocycles. The summed E-state index contributed by atoms with van der Waals surface area (Å²) >= 11 is 0. The zero-order valence-electron chi connectivity index (χ0n) is 12.2.